The maximum atomic E-state index is 13.0. The number of amides is 1. The minimum absolute atomic E-state index is 0.197. The molecule has 0 bridgehead atoms. The van der Waals surface area contributed by atoms with Gasteiger partial charge in [-0.3, -0.25) is 4.79 Å². The van der Waals surface area contributed by atoms with E-state index >= 15 is 0 Å². The average Bonchev–Trinajstić information content (AvgIpc) is 3.17. The summed E-state index contributed by atoms with van der Waals surface area (Å²) in [4.78, 5) is 13.0. The molecule has 12 nitrogen and oxygen atoms in total. The third kappa shape index (κ3) is 24.0. The Morgan fingerprint density at radius 3 is 1.50 bits per heavy atom. The molecular formula is C42H83NO11. The fourth-order valence-corrected chi connectivity index (χ4v) is 7.02. The molecule has 1 aliphatic heterocycles. The summed E-state index contributed by atoms with van der Waals surface area (Å²) in [6.07, 6.45) is 17.7. The summed E-state index contributed by atoms with van der Waals surface area (Å²) in [5.74, 6) is -0.370. The Labute approximate surface area is 327 Å². The van der Waals surface area contributed by atoms with Crippen molar-refractivity contribution in [3.05, 3.63) is 0 Å². The summed E-state index contributed by atoms with van der Waals surface area (Å²) in [5, 5.41) is 75.4. The van der Waals surface area contributed by atoms with Gasteiger partial charge in [-0.25, -0.2) is 0 Å². The summed E-state index contributed by atoms with van der Waals surface area (Å²) in [6.45, 7) is 3.57. The highest BCUT2D eigenvalue weighted by molar-refractivity contribution is 5.76. The molecule has 1 heterocycles. The normalized spacial score (nSPS) is 22.6. The van der Waals surface area contributed by atoms with Crippen LogP contribution >= 0.6 is 0 Å². The molecule has 0 spiro atoms. The largest absolute Gasteiger partial charge is 0.394 e. The molecular weight excluding hydrogens is 694 g/mol. The zero-order valence-corrected chi connectivity index (χ0v) is 34.2. The molecule has 0 radical (unpaired) electrons. The molecule has 1 rings (SSSR count). The number of aliphatic hydroxyl groups excluding tert-OH is 7. The first-order valence-electron chi connectivity index (χ1n) is 22.0. The molecule has 0 saturated carbocycles. The SMILES string of the molecule is CCCCCCCCCCCCCCCCCC(=O)N[C@@H](CO[C@H]1O[C@H](CO)[C@H](O)[C@H](O)[C@H]1O)[C@@H](O)[C@H](O)[C@@H](O)COCCCCCCCCCCCC. The molecule has 1 amide bonds. The van der Waals surface area contributed by atoms with Gasteiger partial charge in [0.25, 0.3) is 0 Å². The van der Waals surface area contributed by atoms with E-state index < -0.39 is 68.3 Å². The maximum absolute atomic E-state index is 13.0. The smallest absolute Gasteiger partial charge is 0.220 e. The fourth-order valence-electron chi connectivity index (χ4n) is 7.02. The highest BCUT2D eigenvalue weighted by atomic mass is 16.7. The van der Waals surface area contributed by atoms with Gasteiger partial charge in [-0.2, -0.15) is 0 Å². The van der Waals surface area contributed by atoms with E-state index in [9.17, 15) is 40.5 Å². The first-order valence-corrected chi connectivity index (χ1v) is 22.0. The number of hydrogen-bond acceptors (Lipinski definition) is 11. The second-order valence-electron chi connectivity index (χ2n) is 15.7. The highest BCUT2D eigenvalue weighted by Crippen LogP contribution is 2.23. The van der Waals surface area contributed by atoms with E-state index in [2.05, 4.69) is 19.2 Å². The number of nitrogens with one attached hydrogen (secondary N) is 1. The van der Waals surface area contributed by atoms with Gasteiger partial charge in [0, 0.05) is 13.0 Å². The predicted octanol–water partition coefficient (Wildman–Crippen LogP) is 5.57. The average molecular weight is 778 g/mol. The van der Waals surface area contributed by atoms with Crippen molar-refractivity contribution in [2.75, 3.05) is 26.4 Å². The molecule has 1 aliphatic rings. The van der Waals surface area contributed by atoms with Crippen LogP contribution in [0.15, 0.2) is 0 Å². The van der Waals surface area contributed by atoms with Crippen LogP contribution in [0.3, 0.4) is 0 Å². The monoisotopic (exact) mass is 778 g/mol. The van der Waals surface area contributed by atoms with Gasteiger partial charge in [-0.05, 0) is 12.8 Å². The molecule has 0 aromatic rings. The lowest BCUT2D eigenvalue weighted by Gasteiger charge is -2.40. The summed E-state index contributed by atoms with van der Waals surface area (Å²) in [5.41, 5.74) is 0. The zero-order chi connectivity index (χ0) is 39.8. The Hall–Kier alpha value is -0.930. The lowest BCUT2D eigenvalue weighted by atomic mass is 9.99. The van der Waals surface area contributed by atoms with Crippen LogP contribution in [0.5, 0.6) is 0 Å². The minimum Gasteiger partial charge on any atom is -0.394 e. The van der Waals surface area contributed by atoms with Crippen LogP contribution in [-0.2, 0) is 19.0 Å². The Morgan fingerprint density at radius 2 is 1.04 bits per heavy atom. The van der Waals surface area contributed by atoms with E-state index in [0.29, 0.717) is 13.0 Å². The van der Waals surface area contributed by atoms with Crippen molar-refractivity contribution in [3.63, 3.8) is 0 Å². The number of aliphatic hydroxyl groups is 7. The van der Waals surface area contributed by atoms with Crippen molar-refractivity contribution in [1.82, 2.24) is 5.32 Å². The van der Waals surface area contributed by atoms with E-state index in [1.165, 1.54) is 116 Å². The number of carbonyl (C=O) groups is 1. The number of hydrogen-bond donors (Lipinski definition) is 8. The van der Waals surface area contributed by atoms with Crippen LogP contribution < -0.4 is 5.32 Å². The molecule has 12 heteroatoms. The van der Waals surface area contributed by atoms with Crippen LogP contribution in [0.2, 0.25) is 0 Å². The Morgan fingerprint density at radius 1 is 0.593 bits per heavy atom. The molecule has 0 aliphatic carbocycles. The number of ether oxygens (including phenoxy) is 3. The van der Waals surface area contributed by atoms with Gasteiger partial charge >= 0.3 is 0 Å². The third-order valence-corrected chi connectivity index (χ3v) is 10.7. The van der Waals surface area contributed by atoms with Gasteiger partial charge in [0.05, 0.1) is 25.9 Å². The maximum Gasteiger partial charge on any atom is 0.220 e. The lowest BCUT2D eigenvalue weighted by Crippen LogP contribution is -2.60. The van der Waals surface area contributed by atoms with Crippen LogP contribution in [0.25, 0.3) is 0 Å². The fraction of sp³-hybridized carbons (Fsp3) is 0.976. The Bertz CT molecular complexity index is 853. The van der Waals surface area contributed by atoms with E-state index in [4.69, 9.17) is 14.2 Å². The van der Waals surface area contributed by atoms with E-state index in [-0.39, 0.29) is 18.9 Å². The van der Waals surface area contributed by atoms with Crippen LogP contribution in [-0.4, -0.2) is 123 Å². The molecule has 0 unspecified atom stereocenters. The van der Waals surface area contributed by atoms with Crippen molar-refractivity contribution in [2.24, 2.45) is 0 Å². The first-order chi connectivity index (χ1) is 26.2. The molecule has 54 heavy (non-hydrogen) atoms. The highest BCUT2D eigenvalue weighted by Gasteiger charge is 2.44. The van der Waals surface area contributed by atoms with Crippen LogP contribution in [0, 0.1) is 0 Å². The number of carbonyl (C=O) groups excluding carboxylic acids is 1. The number of rotatable bonds is 37. The first kappa shape index (κ1) is 51.1. The molecule has 9 atom stereocenters. The molecule has 1 saturated heterocycles. The second-order valence-corrected chi connectivity index (χ2v) is 15.7. The van der Waals surface area contributed by atoms with Gasteiger partial charge in [-0.1, -0.05) is 162 Å². The summed E-state index contributed by atoms with van der Waals surface area (Å²) < 4.78 is 16.6. The van der Waals surface area contributed by atoms with Crippen molar-refractivity contribution >= 4 is 5.91 Å². The van der Waals surface area contributed by atoms with Crippen molar-refractivity contribution in [2.45, 2.75) is 236 Å². The summed E-state index contributed by atoms with van der Waals surface area (Å²) >= 11 is 0. The van der Waals surface area contributed by atoms with Crippen molar-refractivity contribution in [3.8, 4) is 0 Å². The Kier molecular flexibility index (Phi) is 32.3. The minimum atomic E-state index is -1.69. The summed E-state index contributed by atoms with van der Waals surface area (Å²) in [7, 11) is 0. The number of unbranched alkanes of at least 4 members (excludes halogenated alkanes) is 23. The van der Waals surface area contributed by atoms with E-state index in [0.717, 1.165) is 38.5 Å². The van der Waals surface area contributed by atoms with E-state index in [1.54, 1.807) is 0 Å². The van der Waals surface area contributed by atoms with Gasteiger partial charge in [0.15, 0.2) is 6.29 Å². The molecule has 322 valence electrons. The van der Waals surface area contributed by atoms with Gasteiger partial charge in [-0.15, -0.1) is 0 Å². The van der Waals surface area contributed by atoms with Gasteiger partial charge in [0.2, 0.25) is 5.91 Å². The van der Waals surface area contributed by atoms with Gasteiger partial charge < -0.3 is 55.3 Å². The Balaban J connectivity index is 2.48. The molecule has 8 N–H and O–H groups in total. The van der Waals surface area contributed by atoms with Crippen LogP contribution in [0.4, 0.5) is 0 Å². The lowest BCUT2D eigenvalue weighted by molar-refractivity contribution is -0.303. The van der Waals surface area contributed by atoms with E-state index in [1.807, 2.05) is 0 Å². The summed E-state index contributed by atoms with van der Waals surface area (Å²) in [6, 6.07) is -1.21. The molecule has 1 fully saturated rings. The predicted molar refractivity (Wildman–Crippen MR) is 212 cm³/mol. The second kappa shape index (κ2) is 34.1. The third-order valence-electron chi connectivity index (χ3n) is 10.7. The van der Waals surface area contributed by atoms with Crippen LogP contribution in [0.1, 0.15) is 181 Å². The molecule has 0 aromatic heterocycles. The molecule has 0 aromatic carbocycles. The topological polar surface area (TPSA) is 198 Å². The van der Waals surface area contributed by atoms with Gasteiger partial charge in [0.1, 0.15) is 42.7 Å². The zero-order valence-electron chi connectivity index (χ0n) is 34.2. The standard InChI is InChI=1S/C42H83NO11/c1-3-5-7-9-11-13-15-16-17-18-19-20-22-24-26-28-36(46)43-33(31-53-42-41(51)40(50)39(49)35(30-44)54-42)37(47)38(48)34(45)32-52-29-27-25-23-21-14-12-10-8-6-4-2/h33-35,37-42,44-45,47-51H,3-32H2,1-2H3,(H,43,46)/t33-,34-,35+,37+,38+,39-,40-,41+,42-/m0/s1. The van der Waals surface area contributed by atoms with Crippen molar-refractivity contribution in [1.29, 1.82) is 0 Å². The van der Waals surface area contributed by atoms with Crippen molar-refractivity contribution < 1.29 is 54.8 Å². The quantitative estimate of drug-likeness (QED) is 0.0367.